The number of nitrogens with one attached hydrogen (secondary N) is 1. The van der Waals surface area contributed by atoms with Crippen molar-refractivity contribution < 1.29 is 0 Å². The Balaban J connectivity index is 2.83. The molecule has 0 aliphatic heterocycles. The molecule has 2 heteroatoms. The number of halogens is 1. The standard InChI is InChI=1S/C5H12BrN/c1-5(3-6)4-7-2/h5,7H,3-4H2,1-2H3/t5-/m0/s1. The molecule has 0 radical (unpaired) electrons. The summed E-state index contributed by atoms with van der Waals surface area (Å²) in [6.07, 6.45) is 0. The Bertz CT molecular complexity index is 39.1. The molecule has 0 unspecified atom stereocenters. The Labute approximate surface area is 53.6 Å². The molecule has 0 amide bonds. The van der Waals surface area contributed by atoms with Crippen LogP contribution in [0.15, 0.2) is 0 Å². The summed E-state index contributed by atoms with van der Waals surface area (Å²) in [5.41, 5.74) is 0. The number of alkyl halides is 1. The fraction of sp³-hybridized carbons (Fsp3) is 1.00. The number of rotatable bonds is 3. The summed E-state index contributed by atoms with van der Waals surface area (Å²) in [7, 11) is 1.97. The maximum Gasteiger partial charge on any atom is 0.00691 e. The first-order chi connectivity index (χ1) is 3.31. The average Bonchev–Trinajstić information content (AvgIpc) is 1.68. The highest BCUT2D eigenvalue weighted by Gasteiger charge is 1.93. The molecule has 1 N–H and O–H groups in total. The van der Waals surface area contributed by atoms with Crippen LogP contribution in [-0.2, 0) is 0 Å². The third kappa shape index (κ3) is 4.29. The molecule has 1 nitrogen and oxygen atoms in total. The molecule has 0 saturated heterocycles. The summed E-state index contributed by atoms with van der Waals surface area (Å²) >= 11 is 3.38. The van der Waals surface area contributed by atoms with E-state index in [1.807, 2.05) is 7.05 Å². The molecule has 0 aliphatic rings. The van der Waals surface area contributed by atoms with Crippen LogP contribution in [0, 0.1) is 5.92 Å². The molecule has 0 aromatic carbocycles. The molecule has 0 aliphatic carbocycles. The minimum absolute atomic E-state index is 0.755. The Morgan fingerprint density at radius 2 is 2.29 bits per heavy atom. The van der Waals surface area contributed by atoms with Gasteiger partial charge in [-0.25, -0.2) is 0 Å². The molecule has 0 heterocycles. The van der Waals surface area contributed by atoms with E-state index in [9.17, 15) is 0 Å². The van der Waals surface area contributed by atoms with Crippen LogP contribution in [0.2, 0.25) is 0 Å². The Morgan fingerprint density at radius 3 is 2.43 bits per heavy atom. The van der Waals surface area contributed by atoms with Crippen molar-refractivity contribution in [2.45, 2.75) is 6.92 Å². The smallest absolute Gasteiger partial charge is 0.00691 e. The molecule has 0 rings (SSSR count). The van der Waals surface area contributed by atoms with Crippen molar-refractivity contribution in [3.63, 3.8) is 0 Å². The van der Waals surface area contributed by atoms with Crippen LogP contribution >= 0.6 is 15.9 Å². The lowest BCUT2D eigenvalue weighted by molar-refractivity contribution is 0.607. The summed E-state index contributed by atoms with van der Waals surface area (Å²) in [6.45, 7) is 3.30. The molecule has 0 fully saturated rings. The molecule has 0 aromatic rings. The van der Waals surface area contributed by atoms with E-state index < -0.39 is 0 Å². The molecule has 0 aromatic heterocycles. The van der Waals surface area contributed by atoms with E-state index >= 15 is 0 Å². The minimum atomic E-state index is 0.755. The molecule has 7 heavy (non-hydrogen) atoms. The van der Waals surface area contributed by atoms with Gasteiger partial charge in [0.2, 0.25) is 0 Å². The monoisotopic (exact) mass is 165 g/mol. The fourth-order valence-corrected chi connectivity index (χ4v) is 0.632. The summed E-state index contributed by atoms with van der Waals surface area (Å²) in [5.74, 6) is 0.755. The normalized spacial score (nSPS) is 14.1. The van der Waals surface area contributed by atoms with E-state index in [0.29, 0.717) is 0 Å². The molecule has 0 bridgehead atoms. The molecule has 0 spiro atoms. The highest BCUT2D eigenvalue weighted by atomic mass is 79.9. The lowest BCUT2D eigenvalue weighted by atomic mass is 10.2. The summed E-state index contributed by atoms with van der Waals surface area (Å²) < 4.78 is 0. The lowest BCUT2D eigenvalue weighted by Crippen LogP contribution is -2.16. The Hall–Kier alpha value is 0.440. The summed E-state index contributed by atoms with van der Waals surface area (Å²) in [4.78, 5) is 0. The van der Waals surface area contributed by atoms with Gasteiger partial charge in [0, 0.05) is 5.33 Å². The molecule has 1 atom stereocenters. The van der Waals surface area contributed by atoms with Gasteiger partial charge in [0.05, 0.1) is 0 Å². The second kappa shape index (κ2) is 4.60. The van der Waals surface area contributed by atoms with Gasteiger partial charge >= 0.3 is 0 Å². The topological polar surface area (TPSA) is 12.0 Å². The van der Waals surface area contributed by atoms with Gasteiger partial charge in [0.25, 0.3) is 0 Å². The van der Waals surface area contributed by atoms with E-state index in [2.05, 4.69) is 28.2 Å². The average molecular weight is 166 g/mol. The van der Waals surface area contributed by atoms with Crippen LogP contribution in [0.25, 0.3) is 0 Å². The van der Waals surface area contributed by atoms with Crippen LogP contribution in [0.5, 0.6) is 0 Å². The third-order valence-electron chi connectivity index (χ3n) is 0.816. The van der Waals surface area contributed by atoms with Gasteiger partial charge in [-0.05, 0) is 19.5 Å². The van der Waals surface area contributed by atoms with Crippen molar-refractivity contribution in [2.75, 3.05) is 18.9 Å². The van der Waals surface area contributed by atoms with Gasteiger partial charge in [-0.15, -0.1) is 0 Å². The van der Waals surface area contributed by atoms with E-state index in [-0.39, 0.29) is 0 Å². The summed E-state index contributed by atoms with van der Waals surface area (Å²) in [5, 5.41) is 4.18. The Morgan fingerprint density at radius 1 is 1.71 bits per heavy atom. The maximum absolute atomic E-state index is 3.38. The quantitative estimate of drug-likeness (QED) is 0.622. The van der Waals surface area contributed by atoms with Gasteiger partial charge in [-0.1, -0.05) is 22.9 Å². The van der Waals surface area contributed by atoms with Crippen molar-refractivity contribution in [1.29, 1.82) is 0 Å². The minimum Gasteiger partial charge on any atom is -0.319 e. The van der Waals surface area contributed by atoms with Crippen LogP contribution in [0.4, 0.5) is 0 Å². The number of hydrogen-bond acceptors (Lipinski definition) is 1. The predicted octanol–water partition coefficient (Wildman–Crippen LogP) is 1.24. The SMILES string of the molecule is CNC[C@@H](C)CBr. The second-order valence-electron chi connectivity index (χ2n) is 1.82. The van der Waals surface area contributed by atoms with Crippen LogP contribution < -0.4 is 5.32 Å². The van der Waals surface area contributed by atoms with Gasteiger partial charge < -0.3 is 5.32 Å². The maximum atomic E-state index is 3.38. The predicted molar refractivity (Wildman–Crippen MR) is 36.9 cm³/mol. The zero-order valence-corrected chi connectivity index (χ0v) is 6.46. The highest BCUT2D eigenvalue weighted by molar-refractivity contribution is 9.09. The first kappa shape index (κ1) is 7.44. The van der Waals surface area contributed by atoms with Crippen molar-refractivity contribution >= 4 is 15.9 Å². The van der Waals surface area contributed by atoms with Crippen molar-refractivity contribution in [3.05, 3.63) is 0 Å². The largest absolute Gasteiger partial charge is 0.319 e. The third-order valence-corrected chi connectivity index (χ3v) is 1.92. The van der Waals surface area contributed by atoms with Gasteiger partial charge in [0.15, 0.2) is 0 Å². The fourth-order valence-electron chi connectivity index (χ4n) is 0.403. The van der Waals surface area contributed by atoms with Crippen molar-refractivity contribution in [2.24, 2.45) is 5.92 Å². The van der Waals surface area contributed by atoms with Crippen LogP contribution in [-0.4, -0.2) is 18.9 Å². The van der Waals surface area contributed by atoms with E-state index in [4.69, 9.17) is 0 Å². The lowest BCUT2D eigenvalue weighted by Gasteiger charge is -2.02. The van der Waals surface area contributed by atoms with E-state index in [0.717, 1.165) is 17.8 Å². The highest BCUT2D eigenvalue weighted by Crippen LogP contribution is 1.95. The van der Waals surface area contributed by atoms with Gasteiger partial charge in [-0.3, -0.25) is 0 Å². The van der Waals surface area contributed by atoms with Crippen molar-refractivity contribution in [1.82, 2.24) is 5.32 Å². The first-order valence-electron chi connectivity index (χ1n) is 2.51. The van der Waals surface area contributed by atoms with Crippen molar-refractivity contribution in [3.8, 4) is 0 Å². The van der Waals surface area contributed by atoms with Crippen LogP contribution in [0.1, 0.15) is 6.92 Å². The molecular weight excluding hydrogens is 154 g/mol. The first-order valence-corrected chi connectivity index (χ1v) is 3.64. The zero-order chi connectivity index (χ0) is 5.70. The van der Waals surface area contributed by atoms with E-state index in [1.165, 1.54) is 0 Å². The summed E-state index contributed by atoms with van der Waals surface area (Å²) in [6, 6.07) is 0. The molecule has 44 valence electrons. The zero-order valence-electron chi connectivity index (χ0n) is 4.87. The van der Waals surface area contributed by atoms with E-state index in [1.54, 1.807) is 0 Å². The van der Waals surface area contributed by atoms with Gasteiger partial charge in [-0.2, -0.15) is 0 Å². The second-order valence-corrected chi connectivity index (χ2v) is 2.46. The molecular formula is C5H12BrN. The van der Waals surface area contributed by atoms with Gasteiger partial charge in [0.1, 0.15) is 0 Å². The van der Waals surface area contributed by atoms with Crippen LogP contribution in [0.3, 0.4) is 0 Å². The Kier molecular flexibility index (Phi) is 4.88. The number of hydrogen-bond donors (Lipinski definition) is 1. The molecule has 0 saturated carbocycles.